The van der Waals surface area contributed by atoms with Crippen LogP contribution in [0.25, 0.3) is 10.8 Å². The number of anilines is 1. The molecular formula is C16H15N3O3. The number of carbonyl (C=O) groups is 3. The average Bonchev–Trinajstić information content (AvgIpc) is 2.81. The molecule has 0 spiro atoms. The molecule has 0 bridgehead atoms. The molecule has 4 amide bonds. The standard InChI is InChI=1S/C16H15N3O3/c1-9(14(20)18-16(22)17-2)19-12-8-4-6-10-5-3-7-11(13(10)12)15(19)21/h3-9H,1-2H3,(H2,17,18,20,22)/t9-/m1/s1. The second kappa shape index (κ2) is 5.14. The van der Waals surface area contributed by atoms with Gasteiger partial charge in [0.05, 0.1) is 5.69 Å². The fourth-order valence-electron chi connectivity index (χ4n) is 2.72. The molecule has 2 N–H and O–H groups in total. The molecule has 0 saturated heterocycles. The van der Waals surface area contributed by atoms with E-state index in [1.807, 2.05) is 24.3 Å². The number of nitrogens with zero attached hydrogens (tertiary/aromatic N) is 1. The lowest BCUT2D eigenvalue weighted by Crippen LogP contribution is -2.50. The van der Waals surface area contributed by atoms with E-state index in [9.17, 15) is 14.4 Å². The molecule has 1 heterocycles. The van der Waals surface area contributed by atoms with Gasteiger partial charge >= 0.3 is 6.03 Å². The Morgan fingerprint density at radius 2 is 1.82 bits per heavy atom. The van der Waals surface area contributed by atoms with Gasteiger partial charge in [0.15, 0.2) is 0 Å². The summed E-state index contributed by atoms with van der Waals surface area (Å²) in [5.41, 5.74) is 1.27. The predicted molar refractivity (Wildman–Crippen MR) is 82.8 cm³/mol. The highest BCUT2D eigenvalue weighted by atomic mass is 16.2. The van der Waals surface area contributed by atoms with E-state index in [4.69, 9.17) is 0 Å². The number of rotatable bonds is 2. The van der Waals surface area contributed by atoms with E-state index >= 15 is 0 Å². The van der Waals surface area contributed by atoms with E-state index in [-0.39, 0.29) is 5.91 Å². The van der Waals surface area contributed by atoms with Gasteiger partial charge < -0.3 is 5.32 Å². The molecule has 0 aliphatic carbocycles. The van der Waals surface area contributed by atoms with Crippen molar-refractivity contribution in [3.05, 3.63) is 42.0 Å². The van der Waals surface area contributed by atoms with Crippen molar-refractivity contribution in [1.29, 1.82) is 0 Å². The topological polar surface area (TPSA) is 78.5 Å². The van der Waals surface area contributed by atoms with Gasteiger partial charge in [0.1, 0.15) is 6.04 Å². The Morgan fingerprint density at radius 3 is 2.50 bits per heavy atom. The summed E-state index contributed by atoms with van der Waals surface area (Å²) in [4.78, 5) is 37.5. The second-order valence-electron chi connectivity index (χ2n) is 5.10. The summed E-state index contributed by atoms with van der Waals surface area (Å²) >= 11 is 0. The molecule has 2 aromatic rings. The van der Waals surface area contributed by atoms with Gasteiger partial charge in [-0.25, -0.2) is 4.79 Å². The zero-order valence-electron chi connectivity index (χ0n) is 12.2. The third-order valence-corrected chi connectivity index (χ3v) is 3.82. The molecule has 1 aliphatic heterocycles. The molecule has 6 nitrogen and oxygen atoms in total. The SMILES string of the molecule is CNC(=O)NC(=O)[C@@H](C)N1C(=O)c2cccc3cccc1c23. The number of urea groups is 1. The fourth-order valence-corrected chi connectivity index (χ4v) is 2.72. The third-order valence-electron chi connectivity index (χ3n) is 3.82. The maximum Gasteiger partial charge on any atom is 0.321 e. The smallest absolute Gasteiger partial charge is 0.321 e. The quantitative estimate of drug-likeness (QED) is 0.884. The first-order valence-corrected chi connectivity index (χ1v) is 6.92. The summed E-state index contributed by atoms with van der Waals surface area (Å²) < 4.78 is 0. The molecule has 2 aromatic carbocycles. The van der Waals surface area contributed by atoms with Gasteiger partial charge in [0.25, 0.3) is 11.8 Å². The van der Waals surface area contributed by atoms with Crippen molar-refractivity contribution in [1.82, 2.24) is 10.6 Å². The van der Waals surface area contributed by atoms with Crippen molar-refractivity contribution in [2.45, 2.75) is 13.0 Å². The normalized spacial score (nSPS) is 14.1. The van der Waals surface area contributed by atoms with Crippen molar-refractivity contribution < 1.29 is 14.4 Å². The van der Waals surface area contributed by atoms with E-state index in [1.54, 1.807) is 19.1 Å². The van der Waals surface area contributed by atoms with Crippen LogP contribution in [0.3, 0.4) is 0 Å². The Labute approximate surface area is 127 Å². The first-order chi connectivity index (χ1) is 10.5. The first-order valence-electron chi connectivity index (χ1n) is 6.92. The molecular weight excluding hydrogens is 282 g/mol. The highest BCUT2D eigenvalue weighted by molar-refractivity contribution is 6.26. The summed E-state index contributed by atoms with van der Waals surface area (Å²) in [6, 6.07) is 9.68. The molecule has 3 rings (SSSR count). The van der Waals surface area contributed by atoms with Gasteiger partial charge in [-0.05, 0) is 24.4 Å². The van der Waals surface area contributed by atoms with E-state index in [0.29, 0.717) is 11.3 Å². The number of hydrogen-bond acceptors (Lipinski definition) is 3. The van der Waals surface area contributed by atoms with Gasteiger partial charge in [0, 0.05) is 18.0 Å². The lowest BCUT2D eigenvalue weighted by Gasteiger charge is -2.24. The van der Waals surface area contributed by atoms with Gasteiger partial charge in [-0.15, -0.1) is 0 Å². The van der Waals surface area contributed by atoms with Crippen LogP contribution in [0.4, 0.5) is 10.5 Å². The van der Waals surface area contributed by atoms with Crippen LogP contribution in [-0.2, 0) is 4.79 Å². The van der Waals surface area contributed by atoms with Crippen LogP contribution in [0.2, 0.25) is 0 Å². The minimum Gasteiger partial charge on any atom is -0.341 e. The Bertz CT molecular complexity index is 795. The summed E-state index contributed by atoms with van der Waals surface area (Å²) in [5, 5.41) is 6.31. The Kier molecular flexibility index (Phi) is 3.29. The monoisotopic (exact) mass is 297 g/mol. The Hall–Kier alpha value is -2.89. The number of benzene rings is 2. The molecule has 22 heavy (non-hydrogen) atoms. The van der Waals surface area contributed by atoms with Crippen LogP contribution in [0.1, 0.15) is 17.3 Å². The molecule has 1 atom stereocenters. The zero-order valence-corrected chi connectivity index (χ0v) is 12.2. The van der Waals surface area contributed by atoms with Crippen LogP contribution in [0, 0.1) is 0 Å². The number of nitrogens with one attached hydrogen (secondary N) is 2. The van der Waals surface area contributed by atoms with Gasteiger partial charge in [-0.1, -0.05) is 24.3 Å². The predicted octanol–water partition coefficient (Wildman–Crippen LogP) is 1.64. The van der Waals surface area contributed by atoms with Crippen LogP contribution < -0.4 is 15.5 Å². The van der Waals surface area contributed by atoms with Crippen molar-refractivity contribution in [3.63, 3.8) is 0 Å². The highest BCUT2D eigenvalue weighted by Gasteiger charge is 2.36. The summed E-state index contributed by atoms with van der Waals surface area (Å²) in [6.07, 6.45) is 0. The lowest BCUT2D eigenvalue weighted by molar-refractivity contribution is -0.120. The highest BCUT2D eigenvalue weighted by Crippen LogP contribution is 2.38. The summed E-state index contributed by atoms with van der Waals surface area (Å²) in [6.45, 7) is 1.60. The molecule has 1 aliphatic rings. The van der Waals surface area contributed by atoms with E-state index in [1.165, 1.54) is 11.9 Å². The molecule has 6 heteroatoms. The largest absolute Gasteiger partial charge is 0.341 e. The molecule has 0 aromatic heterocycles. The lowest BCUT2D eigenvalue weighted by atomic mass is 10.1. The van der Waals surface area contributed by atoms with Gasteiger partial charge in [0.2, 0.25) is 0 Å². The van der Waals surface area contributed by atoms with Crippen molar-refractivity contribution in [3.8, 4) is 0 Å². The number of amides is 4. The number of carbonyl (C=O) groups excluding carboxylic acids is 3. The molecule has 112 valence electrons. The van der Waals surface area contributed by atoms with Crippen LogP contribution in [0.5, 0.6) is 0 Å². The van der Waals surface area contributed by atoms with Gasteiger partial charge in [-0.3, -0.25) is 19.8 Å². The average molecular weight is 297 g/mol. The Morgan fingerprint density at radius 1 is 1.14 bits per heavy atom. The van der Waals surface area contributed by atoms with Crippen LogP contribution in [0.15, 0.2) is 36.4 Å². The molecule has 0 saturated carbocycles. The molecule has 0 radical (unpaired) electrons. The van der Waals surface area contributed by atoms with Crippen LogP contribution >= 0.6 is 0 Å². The third kappa shape index (κ3) is 2.00. The molecule has 0 unspecified atom stereocenters. The maximum absolute atomic E-state index is 12.6. The summed E-state index contributed by atoms with van der Waals surface area (Å²) in [7, 11) is 1.42. The number of hydrogen-bond donors (Lipinski definition) is 2. The van der Waals surface area contributed by atoms with Crippen molar-refractivity contribution in [2.24, 2.45) is 0 Å². The zero-order chi connectivity index (χ0) is 15.9. The second-order valence-corrected chi connectivity index (χ2v) is 5.10. The van der Waals surface area contributed by atoms with E-state index < -0.39 is 18.0 Å². The Balaban J connectivity index is 2.00. The molecule has 0 fully saturated rings. The minimum absolute atomic E-state index is 0.230. The van der Waals surface area contributed by atoms with Gasteiger partial charge in [-0.2, -0.15) is 0 Å². The number of imide groups is 1. The summed E-state index contributed by atoms with van der Waals surface area (Å²) in [5.74, 6) is -0.760. The first kappa shape index (κ1) is 14.1. The van der Waals surface area contributed by atoms with Crippen molar-refractivity contribution in [2.75, 3.05) is 11.9 Å². The minimum atomic E-state index is -0.789. The van der Waals surface area contributed by atoms with E-state index in [0.717, 1.165) is 10.8 Å². The van der Waals surface area contributed by atoms with Crippen molar-refractivity contribution >= 4 is 34.3 Å². The van der Waals surface area contributed by atoms with E-state index in [2.05, 4.69) is 10.6 Å². The maximum atomic E-state index is 12.6. The fraction of sp³-hybridized carbons (Fsp3) is 0.188. The van der Waals surface area contributed by atoms with Crippen LogP contribution in [-0.4, -0.2) is 30.9 Å².